The van der Waals surface area contributed by atoms with Crippen molar-refractivity contribution in [3.8, 4) is 11.5 Å². The third kappa shape index (κ3) is 3.89. The minimum atomic E-state index is -0.420. The number of aromatic nitrogens is 3. The molecule has 0 aliphatic heterocycles. The van der Waals surface area contributed by atoms with E-state index in [4.69, 9.17) is 14.0 Å². The van der Waals surface area contributed by atoms with Crippen molar-refractivity contribution in [1.29, 1.82) is 0 Å². The number of methoxy groups -OCH3 is 2. The van der Waals surface area contributed by atoms with Crippen LogP contribution >= 0.6 is 0 Å². The molecule has 0 bridgehead atoms. The van der Waals surface area contributed by atoms with Gasteiger partial charge in [-0.25, -0.2) is 9.97 Å². The normalized spacial score (nSPS) is 10.3. The number of anilines is 3. The molecule has 0 saturated carbocycles. The summed E-state index contributed by atoms with van der Waals surface area (Å²) in [6.07, 6.45) is 1.49. The van der Waals surface area contributed by atoms with E-state index in [0.717, 1.165) is 0 Å². The van der Waals surface area contributed by atoms with Crippen LogP contribution in [0.5, 0.6) is 11.5 Å². The number of carbonyl (C=O) groups is 1. The lowest BCUT2D eigenvalue weighted by molar-refractivity contribution is 0.102. The van der Waals surface area contributed by atoms with Crippen LogP contribution in [0.15, 0.2) is 41.1 Å². The first-order valence-corrected chi connectivity index (χ1v) is 7.66. The molecule has 1 amide bonds. The topological polar surface area (TPSA) is 111 Å². The van der Waals surface area contributed by atoms with Crippen LogP contribution in [0.4, 0.5) is 17.5 Å². The van der Waals surface area contributed by atoms with Gasteiger partial charge in [0.15, 0.2) is 17.3 Å². The van der Waals surface area contributed by atoms with E-state index in [-0.39, 0.29) is 11.6 Å². The number of carbonyl (C=O) groups excluding carboxylic acids is 1. The Bertz CT molecular complexity index is 925. The molecule has 0 aliphatic rings. The highest BCUT2D eigenvalue weighted by atomic mass is 16.5. The number of hydrogen-bond acceptors (Lipinski definition) is 8. The van der Waals surface area contributed by atoms with Crippen LogP contribution in [-0.2, 0) is 0 Å². The maximum absolute atomic E-state index is 12.3. The summed E-state index contributed by atoms with van der Waals surface area (Å²) in [6, 6.07) is 8.40. The van der Waals surface area contributed by atoms with Crippen LogP contribution in [0.1, 0.15) is 16.2 Å². The molecule has 0 radical (unpaired) electrons. The first kappa shape index (κ1) is 17.2. The van der Waals surface area contributed by atoms with Crippen molar-refractivity contribution in [3.05, 3.63) is 48.0 Å². The lowest BCUT2D eigenvalue weighted by atomic mass is 10.3. The largest absolute Gasteiger partial charge is 0.493 e. The summed E-state index contributed by atoms with van der Waals surface area (Å²) < 4.78 is 15.4. The molecule has 9 heteroatoms. The van der Waals surface area contributed by atoms with Crippen molar-refractivity contribution in [1.82, 2.24) is 15.1 Å². The Morgan fingerprint density at radius 3 is 2.62 bits per heavy atom. The maximum atomic E-state index is 12.3. The fraction of sp³-hybridized carbons (Fsp3) is 0.176. The molecule has 2 heterocycles. The van der Waals surface area contributed by atoms with Gasteiger partial charge in [-0.15, -0.1) is 0 Å². The molecule has 3 aromatic rings. The molecular weight excluding hydrogens is 338 g/mol. The molecule has 0 aliphatic carbocycles. The summed E-state index contributed by atoms with van der Waals surface area (Å²) in [7, 11) is 3.11. The Morgan fingerprint density at radius 2 is 1.92 bits per heavy atom. The van der Waals surface area contributed by atoms with Crippen molar-refractivity contribution in [2.24, 2.45) is 0 Å². The van der Waals surface area contributed by atoms with E-state index >= 15 is 0 Å². The number of hydrogen-bond donors (Lipinski definition) is 2. The van der Waals surface area contributed by atoms with Gasteiger partial charge in [0.05, 0.1) is 14.2 Å². The van der Waals surface area contributed by atoms with Gasteiger partial charge < -0.3 is 24.6 Å². The summed E-state index contributed by atoms with van der Waals surface area (Å²) in [5, 5.41) is 9.34. The first-order chi connectivity index (χ1) is 12.6. The second kappa shape index (κ2) is 7.51. The zero-order valence-corrected chi connectivity index (χ0v) is 14.4. The van der Waals surface area contributed by atoms with Gasteiger partial charge in [0, 0.05) is 24.0 Å². The smallest absolute Gasteiger partial charge is 0.275 e. The Labute approximate surface area is 149 Å². The van der Waals surface area contributed by atoms with Gasteiger partial charge in [0.25, 0.3) is 5.91 Å². The van der Waals surface area contributed by atoms with Gasteiger partial charge >= 0.3 is 0 Å². The Kier molecular flexibility index (Phi) is 4.97. The molecule has 3 rings (SSSR count). The number of benzene rings is 1. The highest BCUT2D eigenvalue weighted by Crippen LogP contribution is 2.30. The quantitative estimate of drug-likeness (QED) is 0.694. The van der Waals surface area contributed by atoms with Crippen molar-refractivity contribution >= 4 is 23.4 Å². The fourth-order valence-electron chi connectivity index (χ4n) is 2.19. The molecular formula is C17H17N5O4. The molecule has 134 valence electrons. The van der Waals surface area contributed by atoms with Gasteiger partial charge in [0.1, 0.15) is 11.5 Å². The maximum Gasteiger partial charge on any atom is 0.275 e. The van der Waals surface area contributed by atoms with Crippen LogP contribution in [0, 0.1) is 6.92 Å². The number of nitrogens with zero attached hydrogens (tertiary/aromatic N) is 3. The Hall–Kier alpha value is -3.62. The second-order valence-electron chi connectivity index (χ2n) is 5.24. The summed E-state index contributed by atoms with van der Waals surface area (Å²) in [4.78, 5) is 20.6. The lowest BCUT2D eigenvalue weighted by Crippen LogP contribution is -2.15. The predicted octanol–water partition coefficient (Wildman–Crippen LogP) is 2.79. The number of amides is 1. The zero-order chi connectivity index (χ0) is 18.5. The van der Waals surface area contributed by atoms with E-state index in [1.807, 2.05) is 0 Å². The van der Waals surface area contributed by atoms with E-state index in [9.17, 15) is 4.79 Å². The molecule has 1 aromatic carbocycles. The Balaban J connectivity index is 1.76. The number of ether oxygens (including phenoxy) is 2. The molecule has 0 saturated heterocycles. The average Bonchev–Trinajstić information content (AvgIpc) is 3.06. The predicted molar refractivity (Wildman–Crippen MR) is 94.1 cm³/mol. The molecule has 26 heavy (non-hydrogen) atoms. The van der Waals surface area contributed by atoms with E-state index < -0.39 is 5.91 Å². The van der Waals surface area contributed by atoms with Gasteiger partial charge in [-0.1, -0.05) is 5.16 Å². The summed E-state index contributed by atoms with van der Waals surface area (Å²) in [5.74, 6) is 1.93. The Morgan fingerprint density at radius 1 is 1.12 bits per heavy atom. The number of nitrogens with one attached hydrogen (secondary N) is 2. The number of aryl methyl sites for hydroxylation is 1. The highest BCUT2D eigenvalue weighted by Gasteiger charge is 2.12. The van der Waals surface area contributed by atoms with Gasteiger partial charge in [0.2, 0.25) is 5.95 Å². The summed E-state index contributed by atoms with van der Waals surface area (Å²) in [6.45, 7) is 1.73. The van der Waals surface area contributed by atoms with Crippen molar-refractivity contribution in [2.45, 2.75) is 6.92 Å². The van der Waals surface area contributed by atoms with E-state index in [1.165, 1.54) is 12.3 Å². The third-order valence-electron chi connectivity index (χ3n) is 3.40. The fourth-order valence-corrected chi connectivity index (χ4v) is 2.19. The van der Waals surface area contributed by atoms with Crippen molar-refractivity contribution in [2.75, 3.05) is 24.9 Å². The summed E-state index contributed by atoms with van der Waals surface area (Å²) in [5.41, 5.74) is 0.871. The van der Waals surface area contributed by atoms with Gasteiger partial charge in [-0.2, -0.15) is 0 Å². The van der Waals surface area contributed by atoms with Crippen LogP contribution in [0.2, 0.25) is 0 Å². The van der Waals surface area contributed by atoms with Crippen LogP contribution in [0.25, 0.3) is 0 Å². The third-order valence-corrected chi connectivity index (χ3v) is 3.40. The second-order valence-corrected chi connectivity index (χ2v) is 5.24. The van der Waals surface area contributed by atoms with E-state index in [0.29, 0.717) is 28.8 Å². The summed E-state index contributed by atoms with van der Waals surface area (Å²) >= 11 is 0. The minimum Gasteiger partial charge on any atom is -0.493 e. The average molecular weight is 355 g/mol. The van der Waals surface area contributed by atoms with E-state index in [2.05, 4.69) is 25.8 Å². The SMILES string of the molecule is COc1ccc(Nc2nccc(C(=O)Nc3cc(C)on3)n2)cc1OC. The molecule has 0 spiro atoms. The monoisotopic (exact) mass is 355 g/mol. The molecule has 0 fully saturated rings. The van der Waals surface area contributed by atoms with Gasteiger partial charge in [-0.3, -0.25) is 4.79 Å². The van der Waals surface area contributed by atoms with E-state index in [1.54, 1.807) is 45.4 Å². The molecule has 9 nitrogen and oxygen atoms in total. The first-order valence-electron chi connectivity index (χ1n) is 7.66. The lowest BCUT2D eigenvalue weighted by Gasteiger charge is -2.10. The van der Waals surface area contributed by atoms with Crippen LogP contribution in [-0.4, -0.2) is 35.3 Å². The van der Waals surface area contributed by atoms with Crippen molar-refractivity contribution in [3.63, 3.8) is 0 Å². The molecule has 0 atom stereocenters. The minimum absolute atomic E-state index is 0.184. The zero-order valence-electron chi connectivity index (χ0n) is 14.4. The number of rotatable bonds is 6. The molecule has 2 aromatic heterocycles. The van der Waals surface area contributed by atoms with Crippen LogP contribution in [0.3, 0.4) is 0 Å². The molecule has 2 N–H and O–H groups in total. The standard InChI is InChI=1S/C17H17N5O4/c1-10-8-15(22-26-10)21-16(23)12-6-7-18-17(20-12)19-11-4-5-13(24-2)14(9-11)25-3/h4-9H,1-3H3,(H,18,19,20)(H,21,22,23). The van der Waals surface area contributed by atoms with Crippen LogP contribution < -0.4 is 20.1 Å². The van der Waals surface area contributed by atoms with Gasteiger partial charge in [-0.05, 0) is 25.1 Å². The highest BCUT2D eigenvalue weighted by molar-refractivity contribution is 6.02. The molecule has 0 unspecified atom stereocenters. The van der Waals surface area contributed by atoms with Crippen molar-refractivity contribution < 1.29 is 18.8 Å².